The molecule has 2 saturated heterocycles. The van der Waals surface area contributed by atoms with Crippen molar-refractivity contribution in [2.75, 3.05) is 24.7 Å². The smallest absolute Gasteiger partial charge is 0.283 e. The van der Waals surface area contributed by atoms with Crippen molar-refractivity contribution in [1.29, 1.82) is 0 Å². The first-order chi connectivity index (χ1) is 17.7. The molecule has 1 amide bonds. The highest BCUT2D eigenvalue weighted by Gasteiger charge is 2.51. The van der Waals surface area contributed by atoms with Crippen LogP contribution in [-0.4, -0.2) is 54.3 Å². The number of hydrogen-bond donors (Lipinski definition) is 1. The Morgan fingerprint density at radius 3 is 2.84 bits per heavy atom. The summed E-state index contributed by atoms with van der Waals surface area (Å²) in [6, 6.07) is 8.20. The molecule has 1 aliphatic carbocycles. The molecular weight excluding hydrogens is 499 g/mol. The number of carbonyl (C=O) groups is 1. The SMILES string of the molecule is CC1(S(=O)(=O)NC(=O)c2cnc3ccc(N4CCC[C@@H]4c4cc(F)ccc4OC4CCOC4)cn23)CC1. The molecule has 0 spiro atoms. The fraction of sp³-hybridized carbons (Fsp3) is 0.462. The van der Waals surface area contributed by atoms with Crippen LogP contribution in [-0.2, 0) is 14.8 Å². The fourth-order valence-corrected chi connectivity index (χ4v) is 6.36. The third kappa shape index (κ3) is 4.44. The van der Waals surface area contributed by atoms with E-state index in [9.17, 15) is 17.6 Å². The number of nitrogens with one attached hydrogen (secondary N) is 1. The van der Waals surface area contributed by atoms with E-state index in [2.05, 4.69) is 14.6 Å². The summed E-state index contributed by atoms with van der Waals surface area (Å²) in [4.78, 5) is 19.4. The van der Waals surface area contributed by atoms with Gasteiger partial charge in [0.2, 0.25) is 10.0 Å². The molecule has 0 bridgehead atoms. The maximum Gasteiger partial charge on any atom is 0.283 e. The molecule has 4 heterocycles. The van der Waals surface area contributed by atoms with Gasteiger partial charge in [-0.2, -0.15) is 0 Å². The molecule has 196 valence electrons. The summed E-state index contributed by atoms with van der Waals surface area (Å²) in [6.07, 6.45) is 6.67. The topological polar surface area (TPSA) is 102 Å². The van der Waals surface area contributed by atoms with E-state index in [4.69, 9.17) is 9.47 Å². The van der Waals surface area contributed by atoms with E-state index in [1.807, 2.05) is 6.07 Å². The lowest BCUT2D eigenvalue weighted by Gasteiger charge is -2.29. The molecule has 9 nitrogen and oxygen atoms in total. The predicted octanol–water partition coefficient (Wildman–Crippen LogP) is 3.59. The number of halogens is 1. The van der Waals surface area contributed by atoms with E-state index < -0.39 is 20.7 Å². The second-order valence-corrected chi connectivity index (χ2v) is 12.5. The zero-order valence-corrected chi connectivity index (χ0v) is 21.3. The zero-order chi connectivity index (χ0) is 25.8. The standard InChI is InChI=1S/C26H29FN4O5S/c1-26(9-10-26)37(33,34)29-25(32)22-14-28-24-7-5-18(15-31(22)24)30-11-2-3-21(30)20-13-17(27)4-6-23(20)36-19-8-12-35-16-19/h4-7,13-15,19,21H,2-3,8-12,16H2,1H3,(H,29,32)/t19?,21-/m1/s1. The second kappa shape index (κ2) is 8.98. The van der Waals surface area contributed by atoms with Crippen molar-refractivity contribution in [3.8, 4) is 5.75 Å². The minimum absolute atomic E-state index is 0.0587. The van der Waals surface area contributed by atoms with Gasteiger partial charge in [-0.1, -0.05) is 0 Å². The van der Waals surface area contributed by atoms with Crippen molar-refractivity contribution in [3.05, 3.63) is 59.8 Å². The highest BCUT2D eigenvalue weighted by atomic mass is 32.2. The van der Waals surface area contributed by atoms with Crippen LogP contribution in [0, 0.1) is 5.82 Å². The molecule has 1 unspecified atom stereocenters. The summed E-state index contributed by atoms with van der Waals surface area (Å²) in [5.41, 5.74) is 2.25. The molecule has 1 saturated carbocycles. The molecule has 6 rings (SSSR count). The van der Waals surface area contributed by atoms with Gasteiger partial charge in [-0.25, -0.2) is 22.5 Å². The van der Waals surface area contributed by atoms with E-state index in [-0.39, 0.29) is 23.7 Å². The van der Waals surface area contributed by atoms with Crippen LogP contribution in [0.25, 0.3) is 5.65 Å². The van der Waals surface area contributed by atoms with Crippen molar-refractivity contribution in [2.24, 2.45) is 0 Å². The van der Waals surface area contributed by atoms with Gasteiger partial charge in [-0.3, -0.25) is 9.20 Å². The molecule has 1 aromatic carbocycles. The number of pyridine rings is 1. The molecule has 2 aromatic heterocycles. The van der Waals surface area contributed by atoms with Gasteiger partial charge in [0, 0.05) is 24.7 Å². The summed E-state index contributed by atoms with van der Waals surface area (Å²) in [7, 11) is -3.78. The van der Waals surface area contributed by atoms with Crippen LogP contribution in [0.4, 0.5) is 10.1 Å². The summed E-state index contributed by atoms with van der Waals surface area (Å²) in [6.45, 7) is 3.54. The first-order valence-corrected chi connectivity index (χ1v) is 14.1. The largest absolute Gasteiger partial charge is 0.488 e. The first kappa shape index (κ1) is 24.2. The highest BCUT2D eigenvalue weighted by molar-refractivity contribution is 7.91. The Morgan fingerprint density at radius 1 is 1.24 bits per heavy atom. The molecule has 0 radical (unpaired) electrons. The molecule has 3 fully saturated rings. The molecule has 3 aliphatic rings. The fourth-order valence-electron chi connectivity index (χ4n) is 5.12. The van der Waals surface area contributed by atoms with E-state index >= 15 is 0 Å². The quantitative estimate of drug-likeness (QED) is 0.500. The molecule has 11 heteroatoms. The lowest BCUT2D eigenvalue weighted by atomic mass is 10.0. The Bertz CT molecular complexity index is 1460. The average Bonchev–Trinajstić information content (AvgIpc) is 3.29. The number of carbonyl (C=O) groups excluding carboxylic acids is 1. The van der Waals surface area contributed by atoms with Gasteiger partial charge >= 0.3 is 0 Å². The maximum absolute atomic E-state index is 14.4. The molecular formula is C26H29FN4O5S. The van der Waals surface area contributed by atoms with E-state index in [0.29, 0.717) is 37.5 Å². The van der Waals surface area contributed by atoms with Crippen LogP contribution >= 0.6 is 0 Å². The minimum Gasteiger partial charge on any atom is -0.488 e. The number of hydrogen-bond acceptors (Lipinski definition) is 7. The third-order valence-corrected chi connectivity index (χ3v) is 9.81. The van der Waals surface area contributed by atoms with Gasteiger partial charge in [0.15, 0.2) is 0 Å². The number of benzene rings is 1. The third-order valence-electron chi connectivity index (χ3n) is 7.65. The van der Waals surface area contributed by atoms with Gasteiger partial charge in [0.25, 0.3) is 5.91 Å². The van der Waals surface area contributed by atoms with Crippen LogP contribution < -0.4 is 14.4 Å². The normalized spacial score (nSPS) is 22.9. The molecule has 3 aromatic rings. The number of anilines is 1. The number of imidazole rings is 1. The summed E-state index contributed by atoms with van der Waals surface area (Å²) in [5, 5.41) is 0. The number of rotatable bonds is 7. The monoisotopic (exact) mass is 528 g/mol. The van der Waals surface area contributed by atoms with Crippen molar-refractivity contribution in [1.82, 2.24) is 14.1 Å². The van der Waals surface area contributed by atoms with Crippen molar-refractivity contribution in [2.45, 2.75) is 55.9 Å². The maximum atomic E-state index is 14.4. The van der Waals surface area contributed by atoms with Gasteiger partial charge in [0.1, 0.15) is 29.0 Å². The minimum atomic E-state index is -3.78. The zero-order valence-electron chi connectivity index (χ0n) is 20.5. The van der Waals surface area contributed by atoms with Crippen LogP contribution in [0.15, 0.2) is 42.7 Å². The van der Waals surface area contributed by atoms with Crippen LogP contribution in [0.5, 0.6) is 5.75 Å². The number of amides is 1. The van der Waals surface area contributed by atoms with Crippen LogP contribution in [0.3, 0.4) is 0 Å². The number of fused-ring (bicyclic) bond motifs is 1. The van der Waals surface area contributed by atoms with Gasteiger partial charge in [-0.15, -0.1) is 0 Å². The Hall–Kier alpha value is -3.18. The van der Waals surface area contributed by atoms with Crippen molar-refractivity contribution >= 4 is 27.3 Å². The number of nitrogens with zero attached hydrogens (tertiary/aromatic N) is 3. The summed E-state index contributed by atoms with van der Waals surface area (Å²) < 4.78 is 54.1. The average molecular weight is 529 g/mol. The highest BCUT2D eigenvalue weighted by Crippen LogP contribution is 2.43. The van der Waals surface area contributed by atoms with E-state index in [1.54, 1.807) is 29.7 Å². The molecule has 37 heavy (non-hydrogen) atoms. The van der Waals surface area contributed by atoms with Crippen LogP contribution in [0.2, 0.25) is 0 Å². The molecule has 2 aliphatic heterocycles. The lowest BCUT2D eigenvalue weighted by molar-refractivity contribution is 0.0975. The van der Waals surface area contributed by atoms with E-state index in [1.165, 1.54) is 18.3 Å². The second-order valence-electron chi connectivity index (χ2n) is 10.3. The van der Waals surface area contributed by atoms with Gasteiger partial charge in [-0.05, 0) is 62.9 Å². The van der Waals surface area contributed by atoms with Crippen molar-refractivity contribution < 1.29 is 27.1 Å². The van der Waals surface area contributed by atoms with Gasteiger partial charge < -0.3 is 14.4 Å². The Labute approximate surface area is 214 Å². The Morgan fingerprint density at radius 2 is 2.08 bits per heavy atom. The summed E-state index contributed by atoms with van der Waals surface area (Å²) >= 11 is 0. The molecule has 2 atom stereocenters. The number of aromatic nitrogens is 2. The number of ether oxygens (including phenoxy) is 2. The summed E-state index contributed by atoms with van der Waals surface area (Å²) in [5.74, 6) is -0.391. The van der Waals surface area contributed by atoms with E-state index in [0.717, 1.165) is 37.1 Å². The Balaban J connectivity index is 1.31. The van der Waals surface area contributed by atoms with Gasteiger partial charge in [0.05, 0.1) is 35.9 Å². The van der Waals surface area contributed by atoms with Crippen molar-refractivity contribution in [3.63, 3.8) is 0 Å². The predicted molar refractivity (Wildman–Crippen MR) is 135 cm³/mol. The molecule has 1 N–H and O–H groups in total. The van der Waals surface area contributed by atoms with Crippen LogP contribution in [0.1, 0.15) is 61.1 Å². The Kier molecular flexibility index (Phi) is 5.87. The number of sulfonamides is 1. The lowest BCUT2D eigenvalue weighted by Crippen LogP contribution is -2.38. The first-order valence-electron chi connectivity index (χ1n) is 12.6.